The predicted molar refractivity (Wildman–Crippen MR) is 171 cm³/mol. The highest BCUT2D eigenvalue weighted by Crippen LogP contribution is 2.38. The van der Waals surface area contributed by atoms with E-state index in [-0.39, 0.29) is 0 Å². The van der Waals surface area contributed by atoms with Gasteiger partial charge in [0.05, 0.1) is 11.6 Å². The van der Waals surface area contributed by atoms with E-state index >= 15 is 0 Å². The number of furan rings is 1. The minimum atomic E-state index is 0.580. The number of benzene rings is 6. The zero-order valence-corrected chi connectivity index (χ0v) is 22.9. The Morgan fingerprint density at radius 3 is 1.88 bits per heavy atom. The molecule has 0 N–H and O–H groups in total. The summed E-state index contributed by atoms with van der Waals surface area (Å²) in [6.45, 7) is 0. The first-order valence-corrected chi connectivity index (χ1v) is 14.0. The molecule has 0 atom stereocenters. The second-order valence-corrected chi connectivity index (χ2v) is 10.3. The van der Waals surface area contributed by atoms with Crippen LogP contribution in [-0.2, 0) is 0 Å². The van der Waals surface area contributed by atoms with Crippen molar-refractivity contribution in [3.05, 3.63) is 139 Å². The van der Waals surface area contributed by atoms with Crippen molar-refractivity contribution in [3.63, 3.8) is 0 Å². The number of rotatable bonds is 4. The molecule has 2 heterocycles. The molecule has 0 amide bonds. The Morgan fingerprint density at radius 2 is 1.07 bits per heavy atom. The lowest BCUT2D eigenvalue weighted by Crippen LogP contribution is -2.01. The maximum Gasteiger partial charge on any atom is 0.164 e. The Balaban J connectivity index is 1.39. The Labute approximate surface area is 247 Å². The molecule has 0 unspecified atom stereocenters. The van der Waals surface area contributed by atoms with Gasteiger partial charge in [-0.25, -0.2) is 15.0 Å². The molecule has 5 heteroatoms. The van der Waals surface area contributed by atoms with E-state index in [4.69, 9.17) is 19.4 Å². The fourth-order valence-corrected chi connectivity index (χ4v) is 5.80. The van der Waals surface area contributed by atoms with E-state index in [1.165, 1.54) is 0 Å². The second-order valence-electron chi connectivity index (χ2n) is 10.3. The van der Waals surface area contributed by atoms with Crippen LogP contribution >= 0.6 is 0 Å². The molecule has 8 aromatic rings. The minimum absolute atomic E-state index is 0.580. The third-order valence-corrected chi connectivity index (χ3v) is 7.78. The van der Waals surface area contributed by atoms with E-state index in [1.54, 1.807) is 0 Å². The van der Waals surface area contributed by atoms with Gasteiger partial charge in [0, 0.05) is 27.5 Å². The number of hydrogen-bond acceptors (Lipinski definition) is 5. The molecule has 43 heavy (non-hydrogen) atoms. The van der Waals surface area contributed by atoms with Gasteiger partial charge in [-0.05, 0) is 52.2 Å². The Bertz CT molecular complexity index is 2370. The molecule has 2 aromatic heterocycles. The molecule has 200 valence electrons. The van der Waals surface area contributed by atoms with E-state index in [0.29, 0.717) is 23.0 Å². The Hall–Kier alpha value is -6.12. The Kier molecular flexibility index (Phi) is 5.77. The predicted octanol–water partition coefficient (Wildman–Crippen LogP) is 9.46. The van der Waals surface area contributed by atoms with Gasteiger partial charge in [-0.2, -0.15) is 5.26 Å². The standard InChI is InChI=1S/C38H22N4O/c39-23-24-10-8-13-26(22-24)27-20-21-30(29-15-5-4-14-28(27)29)37-40-36(25-11-2-1-3-12-25)41-38(42-37)32-17-9-19-34-35(32)31-16-6-7-18-33(31)43-34/h1-22H. The molecule has 0 saturated heterocycles. The number of fused-ring (bicyclic) bond motifs is 4. The van der Waals surface area contributed by atoms with Gasteiger partial charge in [-0.3, -0.25) is 0 Å². The van der Waals surface area contributed by atoms with Crippen LogP contribution < -0.4 is 0 Å². The van der Waals surface area contributed by atoms with Crippen molar-refractivity contribution in [2.75, 3.05) is 0 Å². The third-order valence-electron chi connectivity index (χ3n) is 7.78. The summed E-state index contributed by atoms with van der Waals surface area (Å²) in [5, 5.41) is 13.6. The van der Waals surface area contributed by atoms with Gasteiger partial charge in [-0.1, -0.05) is 103 Å². The maximum atomic E-state index is 9.49. The Morgan fingerprint density at radius 1 is 0.465 bits per heavy atom. The van der Waals surface area contributed by atoms with E-state index < -0.39 is 0 Å². The summed E-state index contributed by atoms with van der Waals surface area (Å²) >= 11 is 0. The van der Waals surface area contributed by atoms with Gasteiger partial charge in [0.1, 0.15) is 11.2 Å². The van der Waals surface area contributed by atoms with E-state index in [0.717, 1.165) is 60.5 Å². The minimum Gasteiger partial charge on any atom is -0.456 e. The molecule has 6 aromatic carbocycles. The third kappa shape index (κ3) is 4.21. The van der Waals surface area contributed by atoms with Crippen LogP contribution in [0, 0.1) is 11.3 Å². The van der Waals surface area contributed by atoms with Crippen molar-refractivity contribution in [3.8, 4) is 51.4 Å². The van der Waals surface area contributed by atoms with Crippen LogP contribution in [-0.4, -0.2) is 15.0 Å². The summed E-state index contributed by atoms with van der Waals surface area (Å²) in [7, 11) is 0. The molecular weight excluding hydrogens is 528 g/mol. The highest BCUT2D eigenvalue weighted by Gasteiger charge is 2.19. The lowest BCUT2D eigenvalue weighted by molar-refractivity contribution is 0.669. The van der Waals surface area contributed by atoms with Crippen LogP contribution in [0.1, 0.15) is 5.56 Å². The normalized spacial score (nSPS) is 11.2. The molecule has 0 aliphatic rings. The summed E-state index contributed by atoms with van der Waals surface area (Å²) in [4.78, 5) is 15.1. The van der Waals surface area contributed by atoms with Crippen LogP contribution in [0.2, 0.25) is 0 Å². The lowest BCUT2D eigenvalue weighted by atomic mass is 9.94. The van der Waals surface area contributed by atoms with Gasteiger partial charge in [0.25, 0.3) is 0 Å². The van der Waals surface area contributed by atoms with Crippen molar-refractivity contribution < 1.29 is 4.42 Å². The number of hydrogen-bond donors (Lipinski definition) is 0. The summed E-state index contributed by atoms with van der Waals surface area (Å²) in [5.41, 5.74) is 6.97. The van der Waals surface area contributed by atoms with Crippen molar-refractivity contribution in [2.24, 2.45) is 0 Å². The first kappa shape index (κ1) is 24.7. The highest BCUT2D eigenvalue weighted by atomic mass is 16.3. The first-order chi connectivity index (χ1) is 21.3. The molecule has 0 bridgehead atoms. The van der Waals surface area contributed by atoms with Gasteiger partial charge in [-0.15, -0.1) is 0 Å². The molecule has 8 rings (SSSR count). The molecule has 0 aliphatic carbocycles. The molecule has 5 nitrogen and oxygen atoms in total. The zero-order valence-electron chi connectivity index (χ0n) is 22.9. The summed E-state index contributed by atoms with van der Waals surface area (Å²) in [6, 6.07) is 46.4. The highest BCUT2D eigenvalue weighted by molar-refractivity contribution is 6.12. The molecular formula is C38H22N4O. The van der Waals surface area contributed by atoms with Crippen molar-refractivity contribution in [2.45, 2.75) is 0 Å². The van der Waals surface area contributed by atoms with Gasteiger partial charge < -0.3 is 4.42 Å². The van der Waals surface area contributed by atoms with Gasteiger partial charge in [0.15, 0.2) is 17.5 Å². The molecule has 0 aliphatic heterocycles. The fraction of sp³-hybridized carbons (Fsp3) is 0. The summed E-state index contributed by atoms with van der Waals surface area (Å²) in [5.74, 6) is 1.76. The average Bonchev–Trinajstić information content (AvgIpc) is 3.47. The van der Waals surface area contributed by atoms with Crippen molar-refractivity contribution in [1.82, 2.24) is 15.0 Å². The SMILES string of the molecule is N#Cc1cccc(-c2ccc(-c3nc(-c4ccccc4)nc(-c4cccc5oc6ccccc6c45)n3)c3ccccc23)c1. The van der Waals surface area contributed by atoms with Crippen molar-refractivity contribution in [1.29, 1.82) is 5.26 Å². The smallest absolute Gasteiger partial charge is 0.164 e. The fourth-order valence-electron chi connectivity index (χ4n) is 5.80. The summed E-state index contributed by atoms with van der Waals surface area (Å²) in [6.07, 6.45) is 0. The zero-order chi connectivity index (χ0) is 28.8. The van der Waals surface area contributed by atoms with E-state index in [2.05, 4.69) is 36.4 Å². The molecule has 0 radical (unpaired) electrons. The van der Waals surface area contributed by atoms with Crippen LogP contribution in [0.5, 0.6) is 0 Å². The number of aromatic nitrogens is 3. The van der Waals surface area contributed by atoms with Gasteiger partial charge in [0.2, 0.25) is 0 Å². The molecule has 0 spiro atoms. The monoisotopic (exact) mass is 550 g/mol. The molecule has 0 saturated carbocycles. The first-order valence-electron chi connectivity index (χ1n) is 14.0. The van der Waals surface area contributed by atoms with Gasteiger partial charge >= 0.3 is 0 Å². The van der Waals surface area contributed by atoms with Crippen LogP contribution in [0.4, 0.5) is 0 Å². The maximum absolute atomic E-state index is 9.49. The topological polar surface area (TPSA) is 75.6 Å². The molecule has 0 fully saturated rings. The number of nitrogens with zero attached hydrogens (tertiary/aromatic N) is 4. The number of para-hydroxylation sites is 1. The largest absolute Gasteiger partial charge is 0.456 e. The lowest BCUT2D eigenvalue weighted by Gasteiger charge is -2.13. The average molecular weight is 551 g/mol. The van der Waals surface area contributed by atoms with E-state index in [9.17, 15) is 5.26 Å². The second kappa shape index (κ2) is 10.1. The number of nitriles is 1. The summed E-state index contributed by atoms with van der Waals surface area (Å²) < 4.78 is 6.18. The van der Waals surface area contributed by atoms with Crippen molar-refractivity contribution >= 4 is 32.7 Å². The van der Waals surface area contributed by atoms with Crippen LogP contribution in [0.15, 0.2) is 138 Å². The quantitative estimate of drug-likeness (QED) is 0.218. The van der Waals surface area contributed by atoms with E-state index in [1.807, 2.05) is 103 Å². The van der Waals surface area contributed by atoms with Crippen LogP contribution in [0.25, 0.3) is 78.0 Å². The van der Waals surface area contributed by atoms with Crippen LogP contribution in [0.3, 0.4) is 0 Å².